The highest BCUT2D eigenvalue weighted by Gasteiger charge is 2.31. The van der Waals surface area contributed by atoms with Crippen molar-refractivity contribution in [3.63, 3.8) is 0 Å². The first-order chi connectivity index (χ1) is 10.1. The Bertz CT molecular complexity index is 504. The maximum atomic E-state index is 11.4. The second-order valence-corrected chi connectivity index (χ2v) is 5.88. The molecule has 21 heavy (non-hydrogen) atoms. The minimum atomic E-state index is -0.273. The molecule has 5 heteroatoms. The Kier molecular flexibility index (Phi) is 5.17. The van der Waals surface area contributed by atoms with Crippen LogP contribution in [-0.4, -0.2) is 24.1 Å². The van der Waals surface area contributed by atoms with Crippen LogP contribution in [-0.2, 0) is 0 Å². The second-order valence-electron chi connectivity index (χ2n) is 5.88. The number of nitrogens with zero attached hydrogens (tertiary/aromatic N) is 2. The van der Waals surface area contributed by atoms with E-state index < -0.39 is 0 Å². The highest BCUT2D eigenvalue weighted by atomic mass is 16.6. The van der Waals surface area contributed by atoms with Crippen LogP contribution < -0.4 is 10.6 Å². The molecule has 0 saturated heterocycles. The van der Waals surface area contributed by atoms with Gasteiger partial charge in [-0.1, -0.05) is 18.9 Å². The van der Waals surface area contributed by atoms with Crippen LogP contribution in [0.2, 0.25) is 0 Å². The molecule has 0 aromatic heterocycles. The standard InChI is InChI=1S/C16H25N3O2/c1-3-18(14-7-5-4-6-13(14)11-17)15-9-8-12(2)10-16(15)19(20)21/h8-10,13-14H,3-7,11,17H2,1-2H3. The van der Waals surface area contributed by atoms with E-state index in [0.29, 0.717) is 18.5 Å². The summed E-state index contributed by atoms with van der Waals surface area (Å²) in [7, 11) is 0. The summed E-state index contributed by atoms with van der Waals surface area (Å²) in [5, 5.41) is 11.4. The molecule has 0 aliphatic heterocycles. The van der Waals surface area contributed by atoms with Gasteiger partial charge in [0.2, 0.25) is 0 Å². The minimum absolute atomic E-state index is 0.207. The first-order valence-corrected chi connectivity index (χ1v) is 7.80. The van der Waals surface area contributed by atoms with Gasteiger partial charge in [0.05, 0.1) is 4.92 Å². The molecule has 0 heterocycles. The molecular formula is C16H25N3O2. The van der Waals surface area contributed by atoms with Gasteiger partial charge in [-0.3, -0.25) is 10.1 Å². The zero-order valence-electron chi connectivity index (χ0n) is 12.9. The van der Waals surface area contributed by atoms with Gasteiger partial charge in [-0.25, -0.2) is 0 Å². The molecule has 2 unspecified atom stereocenters. The van der Waals surface area contributed by atoms with E-state index in [9.17, 15) is 10.1 Å². The Morgan fingerprint density at radius 3 is 2.71 bits per heavy atom. The number of nitro benzene ring substituents is 1. The van der Waals surface area contributed by atoms with Crippen molar-refractivity contribution in [2.45, 2.75) is 45.6 Å². The Balaban J connectivity index is 2.38. The number of anilines is 1. The van der Waals surface area contributed by atoms with E-state index in [-0.39, 0.29) is 10.6 Å². The Hall–Kier alpha value is -1.62. The average Bonchev–Trinajstić information content (AvgIpc) is 2.49. The first-order valence-electron chi connectivity index (χ1n) is 7.80. The van der Waals surface area contributed by atoms with Crippen LogP contribution in [0.4, 0.5) is 11.4 Å². The summed E-state index contributed by atoms with van der Waals surface area (Å²) in [4.78, 5) is 13.3. The van der Waals surface area contributed by atoms with Gasteiger partial charge in [-0.15, -0.1) is 0 Å². The molecule has 1 aliphatic carbocycles. The third-order valence-electron chi connectivity index (χ3n) is 4.55. The lowest BCUT2D eigenvalue weighted by Gasteiger charge is -2.40. The van der Waals surface area contributed by atoms with Gasteiger partial charge in [0, 0.05) is 18.7 Å². The summed E-state index contributed by atoms with van der Waals surface area (Å²) in [6.45, 7) is 5.37. The lowest BCUT2D eigenvalue weighted by molar-refractivity contribution is -0.384. The minimum Gasteiger partial charge on any atom is -0.363 e. The van der Waals surface area contributed by atoms with Crippen LogP contribution in [0, 0.1) is 23.0 Å². The topological polar surface area (TPSA) is 72.4 Å². The molecule has 0 radical (unpaired) electrons. The van der Waals surface area contributed by atoms with Crippen molar-refractivity contribution in [3.05, 3.63) is 33.9 Å². The largest absolute Gasteiger partial charge is 0.363 e. The van der Waals surface area contributed by atoms with Gasteiger partial charge < -0.3 is 10.6 Å². The molecule has 116 valence electrons. The van der Waals surface area contributed by atoms with Crippen LogP contribution in [0.3, 0.4) is 0 Å². The number of nitrogens with two attached hydrogens (primary N) is 1. The molecule has 0 amide bonds. The molecule has 0 bridgehead atoms. The van der Waals surface area contributed by atoms with Crippen molar-refractivity contribution in [2.24, 2.45) is 11.7 Å². The summed E-state index contributed by atoms with van der Waals surface area (Å²) >= 11 is 0. The van der Waals surface area contributed by atoms with Gasteiger partial charge in [-0.05, 0) is 50.8 Å². The highest BCUT2D eigenvalue weighted by molar-refractivity contribution is 5.65. The summed E-state index contributed by atoms with van der Waals surface area (Å²) in [5.74, 6) is 0.430. The molecule has 1 fully saturated rings. The fourth-order valence-electron chi connectivity index (χ4n) is 3.48. The maximum Gasteiger partial charge on any atom is 0.292 e. The molecular weight excluding hydrogens is 266 g/mol. The smallest absolute Gasteiger partial charge is 0.292 e. The van der Waals surface area contributed by atoms with Crippen molar-refractivity contribution in [3.8, 4) is 0 Å². The zero-order chi connectivity index (χ0) is 15.4. The van der Waals surface area contributed by atoms with E-state index >= 15 is 0 Å². The van der Waals surface area contributed by atoms with Crippen molar-refractivity contribution in [1.29, 1.82) is 0 Å². The lowest BCUT2D eigenvalue weighted by Crippen LogP contribution is -2.45. The van der Waals surface area contributed by atoms with Crippen LogP contribution in [0.1, 0.15) is 38.2 Å². The lowest BCUT2D eigenvalue weighted by atomic mass is 9.83. The van der Waals surface area contributed by atoms with E-state index in [1.54, 1.807) is 6.07 Å². The molecule has 1 aliphatic rings. The van der Waals surface area contributed by atoms with Gasteiger partial charge >= 0.3 is 0 Å². The fraction of sp³-hybridized carbons (Fsp3) is 0.625. The van der Waals surface area contributed by atoms with Crippen LogP contribution >= 0.6 is 0 Å². The maximum absolute atomic E-state index is 11.4. The quantitative estimate of drug-likeness (QED) is 0.667. The van der Waals surface area contributed by atoms with E-state index in [4.69, 9.17) is 5.73 Å². The van der Waals surface area contributed by atoms with E-state index in [0.717, 1.165) is 30.6 Å². The number of hydrogen-bond acceptors (Lipinski definition) is 4. The summed E-state index contributed by atoms with van der Waals surface area (Å²) in [5.41, 5.74) is 7.78. The Labute approximate surface area is 126 Å². The van der Waals surface area contributed by atoms with Crippen LogP contribution in [0.5, 0.6) is 0 Å². The number of nitro groups is 1. The third kappa shape index (κ3) is 3.35. The molecule has 5 nitrogen and oxygen atoms in total. The predicted molar refractivity (Wildman–Crippen MR) is 85.7 cm³/mol. The molecule has 1 aromatic rings. The average molecular weight is 291 g/mol. The summed E-state index contributed by atoms with van der Waals surface area (Å²) < 4.78 is 0. The molecule has 1 saturated carbocycles. The number of benzene rings is 1. The van der Waals surface area contributed by atoms with E-state index in [1.165, 1.54) is 12.8 Å². The second kappa shape index (κ2) is 6.89. The van der Waals surface area contributed by atoms with Gasteiger partial charge in [-0.2, -0.15) is 0 Å². The predicted octanol–water partition coefficient (Wildman–Crippen LogP) is 3.25. The van der Waals surface area contributed by atoms with Gasteiger partial charge in [0.1, 0.15) is 5.69 Å². The molecule has 0 spiro atoms. The van der Waals surface area contributed by atoms with Crippen molar-refractivity contribution in [2.75, 3.05) is 18.0 Å². The van der Waals surface area contributed by atoms with E-state index in [2.05, 4.69) is 11.8 Å². The fourth-order valence-corrected chi connectivity index (χ4v) is 3.48. The monoisotopic (exact) mass is 291 g/mol. The number of hydrogen-bond donors (Lipinski definition) is 1. The Morgan fingerprint density at radius 2 is 2.10 bits per heavy atom. The van der Waals surface area contributed by atoms with Crippen molar-refractivity contribution >= 4 is 11.4 Å². The van der Waals surface area contributed by atoms with Gasteiger partial charge in [0.25, 0.3) is 5.69 Å². The number of rotatable bonds is 5. The van der Waals surface area contributed by atoms with Crippen molar-refractivity contribution < 1.29 is 4.92 Å². The normalized spacial score (nSPS) is 22.0. The SMILES string of the molecule is CCN(c1ccc(C)cc1[N+](=O)[O-])C1CCCCC1CN. The van der Waals surface area contributed by atoms with Crippen LogP contribution in [0.25, 0.3) is 0 Å². The highest BCUT2D eigenvalue weighted by Crippen LogP contribution is 2.36. The van der Waals surface area contributed by atoms with Crippen molar-refractivity contribution in [1.82, 2.24) is 0 Å². The molecule has 2 N–H and O–H groups in total. The van der Waals surface area contributed by atoms with Crippen LogP contribution in [0.15, 0.2) is 18.2 Å². The summed E-state index contributed by atoms with van der Waals surface area (Å²) in [6, 6.07) is 5.82. The summed E-state index contributed by atoms with van der Waals surface area (Å²) in [6.07, 6.45) is 4.58. The zero-order valence-corrected chi connectivity index (χ0v) is 12.9. The third-order valence-corrected chi connectivity index (χ3v) is 4.55. The van der Waals surface area contributed by atoms with Gasteiger partial charge in [0.15, 0.2) is 0 Å². The molecule has 2 atom stereocenters. The molecule has 1 aromatic carbocycles. The van der Waals surface area contributed by atoms with E-state index in [1.807, 2.05) is 19.1 Å². The number of aryl methyl sites for hydroxylation is 1. The first kappa shape index (κ1) is 15.8. The Morgan fingerprint density at radius 1 is 1.38 bits per heavy atom. The molecule has 2 rings (SSSR count).